The van der Waals surface area contributed by atoms with E-state index in [0.717, 1.165) is 17.0 Å². The fourth-order valence-electron chi connectivity index (χ4n) is 2.62. The lowest BCUT2D eigenvalue weighted by Gasteiger charge is -2.07. The van der Waals surface area contributed by atoms with Crippen molar-refractivity contribution in [3.05, 3.63) is 87.7 Å². The number of hydrazone groups is 1. The molecule has 0 saturated heterocycles. The first-order valence-electron chi connectivity index (χ1n) is 9.39. The van der Waals surface area contributed by atoms with Crippen LogP contribution in [0.4, 0.5) is 16.5 Å². The fraction of sp³-hybridized carbons (Fsp3) is 0. The standard InChI is InChI=1S/C21H16ClN5O3S3/c22-19-17(32-21(25-19)24-15-5-2-1-3-6-15)13-23-26-20(28)14-8-10-16(11-9-14)27-33(29,30)18-7-4-12-31-18/h1-13,27H,(H,24,25)(H,26,28). The summed E-state index contributed by atoms with van der Waals surface area (Å²) < 4.78 is 27.2. The second-order valence-corrected chi connectivity index (χ2v) is 10.7. The molecule has 0 atom stereocenters. The van der Waals surface area contributed by atoms with Crippen molar-refractivity contribution < 1.29 is 13.2 Å². The van der Waals surface area contributed by atoms with Gasteiger partial charge in [-0.25, -0.2) is 18.8 Å². The number of anilines is 3. The Morgan fingerprint density at radius 2 is 1.76 bits per heavy atom. The van der Waals surface area contributed by atoms with Gasteiger partial charge in [-0.15, -0.1) is 11.3 Å². The van der Waals surface area contributed by atoms with Crippen molar-refractivity contribution in [1.29, 1.82) is 0 Å². The maximum atomic E-state index is 12.3. The molecular formula is C21H16ClN5O3S3. The summed E-state index contributed by atoms with van der Waals surface area (Å²) in [5.74, 6) is -0.456. The van der Waals surface area contributed by atoms with Crippen LogP contribution in [-0.4, -0.2) is 25.5 Å². The maximum Gasteiger partial charge on any atom is 0.271 e. The van der Waals surface area contributed by atoms with Crippen LogP contribution in [-0.2, 0) is 10.0 Å². The zero-order valence-electron chi connectivity index (χ0n) is 16.7. The molecule has 0 aliphatic rings. The normalized spacial score (nSPS) is 11.4. The average molecular weight is 518 g/mol. The smallest absolute Gasteiger partial charge is 0.271 e. The summed E-state index contributed by atoms with van der Waals surface area (Å²) in [5.41, 5.74) is 3.95. The van der Waals surface area contributed by atoms with E-state index in [1.807, 2.05) is 30.3 Å². The molecule has 0 unspecified atom stereocenters. The van der Waals surface area contributed by atoms with Gasteiger partial charge in [-0.2, -0.15) is 5.10 Å². The molecule has 3 N–H and O–H groups in total. The SMILES string of the molecule is O=C(NN=Cc1sc(Nc2ccccc2)nc1Cl)c1ccc(NS(=O)(=O)c2cccs2)cc1. The molecule has 4 rings (SSSR count). The number of thiophene rings is 1. The summed E-state index contributed by atoms with van der Waals surface area (Å²) in [6, 6.07) is 18.7. The minimum absolute atomic E-state index is 0.211. The van der Waals surface area contributed by atoms with Crippen molar-refractivity contribution in [1.82, 2.24) is 10.4 Å². The molecule has 2 aromatic carbocycles. The Balaban J connectivity index is 1.35. The molecule has 4 aromatic rings. The van der Waals surface area contributed by atoms with Crippen molar-refractivity contribution in [3.63, 3.8) is 0 Å². The van der Waals surface area contributed by atoms with Gasteiger partial charge in [0, 0.05) is 16.9 Å². The predicted octanol–water partition coefficient (Wildman–Crippen LogP) is 5.17. The van der Waals surface area contributed by atoms with Gasteiger partial charge in [-0.05, 0) is 47.8 Å². The highest BCUT2D eigenvalue weighted by molar-refractivity contribution is 7.94. The summed E-state index contributed by atoms with van der Waals surface area (Å²) >= 11 is 8.56. The molecule has 0 aliphatic carbocycles. The van der Waals surface area contributed by atoms with Gasteiger partial charge in [-0.3, -0.25) is 9.52 Å². The zero-order valence-corrected chi connectivity index (χ0v) is 19.9. The second kappa shape index (κ2) is 10.1. The van der Waals surface area contributed by atoms with Crippen molar-refractivity contribution in [3.8, 4) is 0 Å². The van der Waals surface area contributed by atoms with Gasteiger partial charge in [0.15, 0.2) is 10.3 Å². The Hall–Kier alpha value is -3.25. The Kier molecular flexibility index (Phi) is 7.04. The fourth-order valence-corrected chi connectivity index (χ4v) is 5.72. The maximum absolute atomic E-state index is 12.3. The summed E-state index contributed by atoms with van der Waals surface area (Å²) in [6.45, 7) is 0. The van der Waals surface area contributed by atoms with Gasteiger partial charge < -0.3 is 5.32 Å². The first-order chi connectivity index (χ1) is 15.9. The number of amides is 1. The molecule has 0 saturated carbocycles. The molecule has 0 aliphatic heterocycles. The molecule has 0 spiro atoms. The number of nitrogens with zero attached hydrogens (tertiary/aromatic N) is 2. The highest BCUT2D eigenvalue weighted by atomic mass is 35.5. The number of nitrogens with one attached hydrogen (secondary N) is 3. The molecule has 12 heteroatoms. The summed E-state index contributed by atoms with van der Waals surface area (Å²) in [6.07, 6.45) is 1.41. The number of benzene rings is 2. The molecule has 8 nitrogen and oxygen atoms in total. The Morgan fingerprint density at radius 3 is 2.45 bits per heavy atom. The molecule has 2 aromatic heterocycles. The molecule has 2 heterocycles. The summed E-state index contributed by atoms with van der Waals surface area (Å²) in [5, 5.41) is 9.63. The highest BCUT2D eigenvalue weighted by Crippen LogP contribution is 2.27. The minimum Gasteiger partial charge on any atom is -0.331 e. The third kappa shape index (κ3) is 5.96. The lowest BCUT2D eigenvalue weighted by Crippen LogP contribution is -2.17. The van der Waals surface area contributed by atoms with Crippen molar-refractivity contribution >= 4 is 72.9 Å². The molecule has 0 bridgehead atoms. The van der Waals surface area contributed by atoms with E-state index in [9.17, 15) is 13.2 Å². The van der Waals surface area contributed by atoms with Crippen LogP contribution in [0.3, 0.4) is 0 Å². The number of rotatable bonds is 8. The van der Waals surface area contributed by atoms with Gasteiger partial charge in [0.1, 0.15) is 4.21 Å². The van der Waals surface area contributed by atoms with E-state index in [1.165, 1.54) is 47.9 Å². The van der Waals surface area contributed by atoms with E-state index in [-0.39, 0.29) is 9.36 Å². The number of aromatic nitrogens is 1. The van der Waals surface area contributed by atoms with E-state index in [2.05, 4.69) is 25.6 Å². The van der Waals surface area contributed by atoms with E-state index < -0.39 is 15.9 Å². The number of halogens is 1. The van der Waals surface area contributed by atoms with E-state index in [0.29, 0.717) is 21.3 Å². The average Bonchev–Trinajstić information content (AvgIpc) is 3.46. The van der Waals surface area contributed by atoms with Gasteiger partial charge in [-0.1, -0.05) is 47.2 Å². The Labute approximate surface area is 203 Å². The molecule has 1 amide bonds. The minimum atomic E-state index is -3.65. The van der Waals surface area contributed by atoms with Crippen LogP contribution in [0.5, 0.6) is 0 Å². The topological polar surface area (TPSA) is 113 Å². The largest absolute Gasteiger partial charge is 0.331 e. The Bertz CT molecular complexity index is 1370. The molecular weight excluding hydrogens is 502 g/mol. The third-order valence-corrected chi connectivity index (χ3v) is 8.23. The van der Waals surface area contributed by atoms with Gasteiger partial charge in [0.25, 0.3) is 15.9 Å². The van der Waals surface area contributed by atoms with Crippen LogP contribution in [0, 0.1) is 0 Å². The van der Waals surface area contributed by atoms with Crippen LogP contribution in [0.1, 0.15) is 15.2 Å². The number of para-hydroxylation sites is 1. The Morgan fingerprint density at radius 1 is 1.00 bits per heavy atom. The number of thiazole rings is 1. The first-order valence-corrected chi connectivity index (χ1v) is 12.9. The number of hydrogen-bond donors (Lipinski definition) is 3. The van der Waals surface area contributed by atoms with Crippen LogP contribution in [0.15, 0.2) is 81.4 Å². The van der Waals surface area contributed by atoms with Gasteiger partial charge >= 0.3 is 0 Å². The quantitative estimate of drug-likeness (QED) is 0.220. The van der Waals surface area contributed by atoms with Crippen LogP contribution >= 0.6 is 34.3 Å². The first kappa shape index (κ1) is 22.9. The zero-order chi connectivity index (χ0) is 23.3. The van der Waals surface area contributed by atoms with Crippen LogP contribution in [0.25, 0.3) is 0 Å². The lowest BCUT2D eigenvalue weighted by atomic mass is 10.2. The highest BCUT2D eigenvalue weighted by Gasteiger charge is 2.15. The third-order valence-electron chi connectivity index (χ3n) is 4.14. The van der Waals surface area contributed by atoms with E-state index >= 15 is 0 Å². The van der Waals surface area contributed by atoms with Crippen LogP contribution < -0.4 is 15.5 Å². The number of carbonyl (C=O) groups excluding carboxylic acids is 1. The molecule has 0 fully saturated rings. The van der Waals surface area contributed by atoms with Crippen molar-refractivity contribution in [2.45, 2.75) is 4.21 Å². The van der Waals surface area contributed by atoms with Crippen LogP contribution in [0.2, 0.25) is 5.15 Å². The van der Waals surface area contributed by atoms with Gasteiger partial charge in [0.05, 0.1) is 11.1 Å². The summed E-state index contributed by atoms with van der Waals surface area (Å²) in [7, 11) is -3.65. The number of sulfonamides is 1. The number of carbonyl (C=O) groups is 1. The molecule has 168 valence electrons. The lowest BCUT2D eigenvalue weighted by molar-refractivity contribution is 0.0955. The molecule has 33 heavy (non-hydrogen) atoms. The summed E-state index contributed by atoms with van der Waals surface area (Å²) in [4.78, 5) is 17.1. The molecule has 0 radical (unpaired) electrons. The van der Waals surface area contributed by atoms with Crippen molar-refractivity contribution in [2.75, 3.05) is 10.0 Å². The van der Waals surface area contributed by atoms with E-state index in [1.54, 1.807) is 11.4 Å². The van der Waals surface area contributed by atoms with Crippen molar-refractivity contribution in [2.24, 2.45) is 5.10 Å². The monoisotopic (exact) mass is 517 g/mol. The predicted molar refractivity (Wildman–Crippen MR) is 133 cm³/mol. The van der Waals surface area contributed by atoms with E-state index in [4.69, 9.17) is 11.6 Å². The second-order valence-electron chi connectivity index (χ2n) is 6.48. The number of hydrogen-bond acceptors (Lipinski definition) is 8. The van der Waals surface area contributed by atoms with Gasteiger partial charge in [0.2, 0.25) is 0 Å².